The summed E-state index contributed by atoms with van der Waals surface area (Å²) in [6.45, 7) is 3.13. The average molecular weight is 467 g/mol. The molecule has 0 saturated carbocycles. The Bertz CT molecular complexity index is 1150. The lowest BCUT2D eigenvalue weighted by Gasteiger charge is -2.13. The van der Waals surface area contributed by atoms with E-state index in [1.807, 2.05) is 12.1 Å². The summed E-state index contributed by atoms with van der Waals surface area (Å²) in [6, 6.07) is 14.3. The summed E-state index contributed by atoms with van der Waals surface area (Å²) in [5, 5.41) is 8.68. The fourth-order valence-electron chi connectivity index (χ4n) is 3.02. The topological polar surface area (TPSA) is 106 Å². The predicted molar refractivity (Wildman–Crippen MR) is 122 cm³/mol. The second-order valence-corrected chi connectivity index (χ2v) is 8.27. The zero-order valence-corrected chi connectivity index (χ0v) is 19.2. The summed E-state index contributed by atoms with van der Waals surface area (Å²) in [4.78, 5) is 37.7. The van der Waals surface area contributed by atoms with Gasteiger partial charge in [-0.3, -0.25) is 19.3 Å². The fraction of sp³-hybridized carbons (Fsp3) is 0.250. The van der Waals surface area contributed by atoms with Gasteiger partial charge in [-0.25, -0.2) is 0 Å². The van der Waals surface area contributed by atoms with E-state index in [0.717, 1.165) is 22.2 Å². The molecule has 2 aromatic carbocycles. The molecule has 1 aliphatic heterocycles. The van der Waals surface area contributed by atoms with Crippen LogP contribution in [-0.2, 0) is 20.9 Å². The van der Waals surface area contributed by atoms with Crippen LogP contribution in [0.5, 0.6) is 11.5 Å². The minimum atomic E-state index is -0.644. The first-order valence-electron chi connectivity index (χ1n) is 10.1. The van der Waals surface area contributed by atoms with Crippen LogP contribution in [0.4, 0.5) is 4.79 Å². The van der Waals surface area contributed by atoms with Crippen molar-refractivity contribution < 1.29 is 28.6 Å². The largest absolute Gasteiger partial charge is 0.493 e. The maximum absolute atomic E-state index is 12.6. The zero-order chi connectivity index (χ0) is 24.0. The molecule has 0 unspecified atom stereocenters. The molecule has 1 saturated heterocycles. The monoisotopic (exact) mass is 466 g/mol. The molecule has 8 nitrogen and oxygen atoms in total. The van der Waals surface area contributed by atoms with Crippen molar-refractivity contribution in [3.05, 3.63) is 64.1 Å². The lowest BCUT2D eigenvalue weighted by atomic mass is 10.1. The number of benzene rings is 2. The normalized spacial score (nSPS) is 14.5. The van der Waals surface area contributed by atoms with Crippen LogP contribution in [0.25, 0.3) is 6.08 Å². The Morgan fingerprint density at radius 3 is 2.64 bits per heavy atom. The van der Waals surface area contributed by atoms with E-state index < -0.39 is 23.7 Å². The highest BCUT2D eigenvalue weighted by molar-refractivity contribution is 8.18. The number of carbonyl (C=O) groups excluding carboxylic acids is 3. The molecule has 1 fully saturated rings. The number of methoxy groups -OCH3 is 1. The van der Waals surface area contributed by atoms with Gasteiger partial charge in [0.2, 0.25) is 0 Å². The molecular weight excluding hydrogens is 444 g/mol. The zero-order valence-electron chi connectivity index (χ0n) is 18.4. The molecule has 1 aliphatic rings. The number of hydrogen-bond acceptors (Lipinski definition) is 8. The van der Waals surface area contributed by atoms with Gasteiger partial charge in [0, 0.05) is 5.56 Å². The third-order valence-corrected chi connectivity index (χ3v) is 5.44. The second kappa shape index (κ2) is 10.7. The third-order valence-electron chi connectivity index (χ3n) is 4.53. The highest BCUT2D eigenvalue weighted by Gasteiger charge is 2.36. The molecule has 0 N–H and O–H groups in total. The number of thioether (sulfide) groups is 1. The van der Waals surface area contributed by atoms with E-state index in [-0.39, 0.29) is 17.6 Å². The Hall–Kier alpha value is -3.77. The van der Waals surface area contributed by atoms with Gasteiger partial charge in [0.05, 0.1) is 29.8 Å². The van der Waals surface area contributed by atoms with Crippen LogP contribution in [0.2, 0.25) is 0 Å². The summed E-state index contributed by atoms with van der Waals surface area (Å²) in [5.41, 5.74) is 1.89. The van der Waals surface area contributed by atoms with Crippen LogP contribution in [0.3, 0.4) is 0 Å². The number of rotatable bonds is 8. The van der Waals surface area contributed by atoms with Crippen molar-refractivity contribution in [3.63, 3.8) is 0 Å². The smallest absolute Gasteiger partial charge is 0.326 e. The van der Waals surface area contributed by atoms with Crippen molar-refractivity contribution in [3.8, 4) is 17.6 Å². The maximum atomic E-state index is 12.6. The van der Waals surface area contributed by atoms with Gasteiger partial charge < -0.3 is 14.2 Å². The van der Waals surface area contributed by atoms with Crippen LogP contribution in [0, 0.1) is 11.3 Å². The Morgan fingerprint density at radius 1 is 1.18 bits per heavy atom. The molecule has 0 spiro atoms. The lowest BCUT2D eigenvalue weighted by Crippen LogP contribution is -2.35. The molecule has 0 aliphatic carbocycles. The second-order valence-electron chi connectivity index (χ2n) is 7.27. The Labute approximate surface area is 195 Å². The minimum Gasteiger partial charge on any atom is -0.493 e. The van der Waals surface area contributed by atoms with E-state index in [0.29, 0.717) is 22.6 Å². The first-order chi connectivity index (χ1) is 15.8. The first kappa shape index (κ1) is 23.9. The highest BCUT2D eigenvalue weighted by Crippen LogP contribution is 2.34. The summed E-state index contributed by atoms with van der Waals surface area (Å²) >= 11 is 0.755. The summed E-state index contributed by atoms with van der Waals surface area (Å²) < 4.78 is 16.2. The maximum Gasteiger partial charge on any atom is 0.326 e. The molecule has 0 aromatic heterocycles. The standard InChI is InChI=1S/C24H22N2O6S/c1-15(2)32-22(27)13-26-23(28)21(33-24(26)29)11-16-8-9-19(20(10-16)30-3)31-14-18-7-5-4-6-17(18)12-25/h4-11,15H,13-14H2,1-3H3/b21-11-. The van der Waals surface area contributed by atoms with Crippen molar-refractivity contribution in [1.29, 1.82) is 5.26 Å². The molecule has 0 atom stereocenters. The van der Waals surface area contributed by atoms with Gasteiger partial charge in [-0.1, -0.05) is 24.3 Å². The summed E-state index contributed by atoms with van der Waals surface area (Å²) in [6.07, 6.45) is 1.21. The molecule has 2 amide bonds. The van der Waals surface area contributed by atoms with E-state index in [1.54, 1.807) is 50.3 Å². The van der Waals surface area contributed by atoms with Crippen LogP contribution in [-0.4, -0.2) is 41.8 Å². The van der Waals surface area contributed by atoms with Gasteiger partial charge in [0.1, 0.15) is 13.2 Å². The summed E-state index contributed by atoms with van der Waals surface area (Å²) in [5.74, 6) is -0.308. The van der Waals surface area contributed by atoms with Crippen molar-refractivity contribution in [2.45, 2.75) is 26.6 Å². The van der Waals surface area contributed by atoms with Gasteiger partial charge in [-0.15, -0.1) is 0 Å². The average Bonchev–Trinajstić information content (AvgIpc) is 3.04. The Balaban J connectivity index is 1.74. The number of esters is 1. The molecular formula is C24H22N2O6S. The van der Waals surface area contributed by atoms with Crippen molar-refractivity contribution in [2.24, 2.45) is 0 Å². The van der Waals surface area contributed by atoms with Crippen molar-refractivity contribution in [2.75, 3.05) is 13.7 Å². The SMILES string of the molecule is COc1cc(/C=C2\SC(=O)N(CC(=O)OC(C)C)C2=O)ccc1OCc1ccccc1C#N. The van der Waals surface area contributed by atoms with E-state index in [9.17, 15) is 19.6 Å². The van der Waals surface area contributed by atoms with Gasteiger partial charge in [-0.05, 0) is 55.4 Å². The van der Waals surface area contributed by atoms with Crippen molar-refractivity contribution in [1.82, 2.24) is 4.90 Å². The minimum absolute atomic E-state index is 0.185. The van der Waals surface area contributed by atoms with E-state index in [1.165, 1.54) is 7.11 Å². The first-order valence-corrected chi connectivity index (χ1v) is 10.9. The number of ether oxygens (including phenoxy) is 3. The Kier molecular flexibility index (Phi) is 7.74. The highest BCUT2D eigenvalue weighted by atomic mass is 32.2. The van der Waals surface area contributed by atoms with Gasteiger partial charge >= 0.3 is 5.97 Å². The third kappa shape index (κ3) is 5.93. The number of imide groups is 1. The number of hydrogen-bond donors (Lipinski definition) is 0. The number of nitrogens with zero attached hydrogens (tertiary/aromatic N) is 2. The number of carbonyl (C=O) groups is 3. The molecule has 170 valence electrons. The molecule has 3 rings (SSSR count). The van der Waals surface area contributed by atoms with Crippen LogP contribution in [0.15, 0.2) is 47.4 Å². The molecule has 0 radical (unpaired) electrons. The van der Waals surface area contributed by atoms with Gasteiger partial charge in [0.25, 0.3) is 11.1 Å². The van der Waals surface area contributed by atoms with Crippen molar-refractivity contribution >= 4 is 35.0 Å². The Morgan fingerprint density at radius 2 is 1.94 bits per heavy atom. The molecule has 1 heterocycles. The molecule has 33 heavy (non-hydrogen) atoms. The van der Waals surface area contributed by atoms with Crippen LogP contribution in [0.1, 0.15) is 30.5 Å². The number of nitriles is 1. The lowest BCUT2D eigenvalue weighted by molar-refractivity contribution is -0.149. The molecule has 9 heteroatoms. The molecule has 2 aromatic rings. The molecule has 0 bridgehead atoms. The van der Waals surface area contributed by atoms with Gasteiger partial charge in [0.15, 0.2) is 11.5 Å². The summed E-state index contributed by atoms with van der Waals surface area (Å²) in [7, 11) is 1.49. The fourth-order valence-corrected chi connectivity index (χ4v) is 3.86. The van der Waals surface area contributed by atoms with Crippen LogP contribution < -0.4 is 9.47 Å². The van der Waals surface area contributed by atoms with Crippen LogP contribution >= 0.6 is 11.8 Å². The quantitative estimate of drug-likeness (QED) is 0.422. The van der Waals surface area contributed by atoms with E-state index in [2.05, 4.69) is 6.07 Å². The van der Waals surface area contributed by atoms with E-state index in [4.69, 9.17) is 14.2 Å². The van der Waals surface area contributed by atoms with Gasteiger partial charge in [-0.2, -0.15) is 5.26 Å². The van der Waals surface area contributed by atoms with E-state index >= 15 is 0 Å². The predicted octanol–water partition coefficient (Wildman–Crippen LogP) is 4.13. The number of amides is 2.